The monoisotopic (exact) mass is 301 g/mol. The van der Waals surface area contributed by atoms with Gasteiger partial charge >= 0.3 is 0 Å². The van der Waals surface area contributed by atoms with Crippen LogP contribution < -0.4 is 16.6 Å². The Labute approximate surface area is 124 Å². The molecule has 0 bridgehead atoms. The van der Waals surface area contributed by atoms with Crippen LogP contribution in [0, 0.1) is 11.6 Å². The summed E-state index contributed by atoms with van der Waals surface area (Å²) in [5.41, 5.74) is 5.86. The summed E-state index contributed by atoms with van der Waals surface area (Å²) >= 11 is 0. The molecule has 1 aromatic carbocycles. The fourth-order valence-corrected chi connectivity index (χ4v) is 2.07. The second-order valence-corrected chi connectivity index (χ2v) is 4.71. The maximum atomic E-state index is 13.8. The van der Waals surface area contributed by atoms with Crippen LogP contribution in [0.25, 0.3) is 11.0 Å². The molecule has 0 saturated carbocycles. The van der Waals surface area contributed by atoms with Crippen molar-refractivity contribution in [2.45, 2.75) is 0 Å². The number of carbonyl (C=O) groups excluding carboxylic acids is 1. The van der Waals surface area contributed by atoms with Gasteiger partial charge in [0.05, 0.1) is 17.6 Å². The van der Waals surface area contributed by atoms with Crippen molar-refractivity contribution in [2.24, 2.45) is 0 Å². The molecule has 4 N–H and O–H groups in total. The second-order valence-electron chi connectivity index (χ2n) is 4.71. The number of amides is 1. The molecule has 22 heavy (non-hydrogen) atoms. The Bertz CT molecular complexity index is 896. The Hall–Kier alpha value is -2.97. The van der Waals surface area contributed by atoms with Crippen molar-refractivity contribution in [2.75, 3.05) is 11.1 Å². The molecular formula is C13H10BF2N5O. The van der Waals surface area contributed by atoms with Crippen molar-refractivity contribution in [3.63, 3.8) is 0 Å². The third-order valence-electron chi connectivity index (χ3n) is 3.21. The van der Waals surface area contributed by atoms with Gasteiger partial charge in [0.1, 0.15) is 11.4 Å². The minimum atomic E-state index is -1.09. The van der Waals surface area contributed by atoms with Crippen molar-refractivity contribution >= 4 is 41.8 Å². The first-order valence-corrected chi connectivity index (χ1v) is 6.33. The lowest BCUT2D eigenvalue weighted by Crippen LogP contribution is -2.17. The number of aromatic nitrogens is 3. The zero-order valence-electron chi connectivity index (χ0n) is 11.4. The van der Waals surface area contributed by atoms with Gasteiger partial charge in [0.15, 0.2) is 19.3 Å². The fourth-order valence-electron chi connectivity index (χ4n) is 2.07. The third-order valence-corrected chi connectivity index (χ3v) is 3.21. The van der Waals surface area contributed by atoms with Crippen LogP contribution in [0.3, 0.4) is 0 Å². The highest BCUT2D eigenvalue weighted by molar-refractivity contribution is 6.37. The minimum Gasteiger partial charge on any atom is -0.396 e. The largest absolute Gasteiger partial charge is 0.396 e. The number of anilines is 2. The molecule has 2 aromatic heterocycles. The van der Waals surface area contributed by atoms with Gasteiger partial charge in [-0.15, -0.1) is 0 Å². The number of H-pyrrole nitrogens is 1. The molecule has 0 atom stereocenters. The summed E-state index contributed by atoms with van der Waals surface area (Å²) in [5, 5.41) is 9.79. The van der Waals surface area contributed by atoms with Gasteiger partial charge in [-0.25, -0.2) is 13.8 Å². The van der Waals surface area contributed by atoms with Crippen LogP contribution in [-0.4, -0.2) is 28.9 Å². The number of pyridine rings is 1. The van der Waals surface area contributed by atoms with Crippen molar-refractivity contribution in [1.29, 1.82) is 0 Å². The summed E-state index contributed by atoms with van der Waals surface area (Å²) in [6.45, 7) is 0. The normalized spacial score (nSPS) is 10.8. The van der Waals surface area contributed by atoms with E-state index in [9.17, 15) is 13.6 Å². The summed E-state index contributed by atoms with van der Waals surface area (Å²) < 4.78 is 27.5. The number of benzene rings is 1. The van der Waals surface area contributed by atoms with Crippen LogP contribution in [-0.2, 0) is 0 Å². The van der Waals surface area contributed by atoms with E-state index in [1.54, 1.807) is 13.9 Å². The molecule has 0 aliphatic rings. The second kappa shape index (κ2) is 5.10. The maximum Gasteiger partial charge on any atom is 0.261 e. The number of nitrogens with one attached hydrogen (secondary N) is 2. The number of nitrogen functional groups attached to an aromatic ring is 1. The highest BCUT2D eigenvalue weighted by atomic mass is 19.1. The molecule has 0 fully saturated rings. The molecule has 0 aliphatic carbocycles. The van der Waals surface area contributed by atoms with E-state index in [1.165, 1.54) is 6.20 Å². The summed E-state index contributed by atoms with van der Waals surface area (Å²) in [6, 6.07) is 3.61. The number of nitrogens with two attached hydrogens (primary N) is 1. The van der Waals surface area contributed by atoms with Gasteiger partial charge in [-0.05, 0) is 18.2 Å². The fraction of sp³-hybridized carbons (Fsp3) is 0. The number of halogens is 2. The van der Waals surface area contributed by atoms with Gasteiger partial charge in [0, 0.05) is 11.0 Å². The molecule has 110 valence electrons. The van der Waals surface area contributed by atoms with Crippen molar-refractivity contribution in [1.82, 2.24) is 15.2 Å². The quantitative estimate of drug-likeness (QED) is 0.469. The van der Waals surface area contributed by atoms with Gasteiger partial charge in [-0.2, -0.15) is 5.10 Å². The Morgan fingerprint density at radius 2 is 2.14 bits per heavy atom. The highest BCUT2D eigenvalue weighted by Crippen LogP contribution is 2.20. The smallest absolute Gasteiger partial charge is 0.261 e. The van der Waals surface area contributed by atoms with Crippen molar-refractivity contribution in [3.8, 4) is 0 Å². The zero-order valence-corrected chi connectivity index (χ0v) is 11.4. The molecule has 0 spiro atoms. The first kappa shape index (κ1) is 14.0. The van der Waals surface area contributed by atoms with Crippen LogP contribution in [0.1, 0.15) is 10.4 Å². The Morgan fingerprint density at radius 1 is 1.36 bits per heavy atom. The van der Waals surface area contributed by atoms with E-state index in [-0.39, 0.29) is 5.69 Å². The molecule has 3 aromatic rings. The number of fused-ring (bicyclic) bond motifs is 1. The number of aromatic amines is 1. The molecule has 2 heterocycles. The predicted octanol–water partition coefficient (Wildman–Crippen LogP) is 0.329. The van der Waals surface area contributed by atoms with Crippen LogP contribution in [0.15, 0.2) is 24.4 Å². The lowest BCUT2D eigenvalue weighted by atomic mass is 10.0. The summed E-state index contributed by atoms with van der Waals surface area (Å²) in [7, 11) is 1.77. The summed E-state index contributed by atoms with van der Waals surface area (Å²) in [5.74, 6) is -3.02. The van der Waals surface area contributed by atoms with Crippen LogP contribution in [0.4, 0.5) is 20.2 Å². The van der Waals surface area contributed by atoms with Gasteiger partial charge in [-0.3, -0.25) is 9.89 Å². The molecule has 1 amide bonds. The minimum absolute atomic E-state index is 0.295. The number of nitrogens with zero attached hydrogens (tertiary/aromatic N) is 2. The average Bonchev–Trinajstić information content (AvgIpc) is 2.85. The Balaban J connectivity index is 1.96. The van der Waals surface area contributed by atoms with E-state index in [2.05, 4.69) is 20.5 Å². The molecule has 3 rings (SSSR count). The molecule has 0 aliphatic heterocycles. The lowest BCUT2D eigenvalue weighted by Gasteiger charge is -2.08. The van der Waals surface area contributed by atoms with Crippen molar-refractivity contribution < 1.29 is 13.6 Å². The Kier molecular flexibility index (Phi) is 3.24. The van der Waals surface area contributed by atoms with Gasteiger partial charge in [0.25, 0.3) is 5.91 Å². The first-order valence-electron chi connectivity index (χ1n) is 6.33. The Morgan fingerprint density at radius 3 is 2.91 bits per heavy atom. The van der Waals surface area contributed by atoms with E-state index in [0.717, 1.165) is 12.1 Å². The van der Waals surface area contributed by atoms with E-state index < -0.39 is 23.1 Å². The molecule has 0 radical (unpaired) electrons. The molecule has 0 unspecified atom stereocenters. The third kappa shape index (κ3) is 2.26. The molecule has 0 saturated heterocycles. The van der Waals surface area contributed by atoms with Crippen LogP contribution in [0.2, 0.25) is 0 Å². The van der Waals surface area contributed by atoms with Gasteiger partial charge < -0.3 is 11.1 Å². The first-order chi connectivity index (χ1) is 10.5. The van der Waals surface area contributed by atoms with E-state index in [1.807, 2.05) is 0 Å². The van der Waals surface area contributed by atoms with Crippen LogP contribution in [0.5, 0.6) is 0 Å². The lowest BCUT2D eigenvalue weighted by molar-refractivity contribution is 0.101. The van der Waals surface area contributed by atoms with Gasteiger partial charge in [0.2, 0.25) is 0 Å². The summed E-state index contributed by atoms with van der Waals surface area (Å²) in [6.07, 6.45) is 1.36. The number of rotatable bonds is 2. The highest BCUT2D eigenvalue weighted by Gasteiger charge is 2.20. The van der Waals surface area contributed by atoms with E-state index >= 15 is 0 Å². The standard InChI is InChI=1S/C13H10BF2N5O/c14-11-6-3-5(4-18-12(6)21-20-11)19-13(22)9-7(15)1-2-8(17)10(9)16/h1-4H,14,17H2,(H,19,22)(H,18,20,21). The van der Waals surface area contributed by atoms with E-state index in [4.69, 9.17) is 5.73 Å². The molecule has 9 heteroatoms. The van der Waals surface area contributed by atoms with Crippen LogP contribution >= 0.6 is 0 Å². The van der Waals surface area contributed by atoms with Gasteiger partial charge in [-0.1, -0.05) is 0 Å². The zero-order chi connectivity index (χ0) is 15.9. The predicted molar refractivity (Wildman–Crippen MR) is 80.8 cm³/mol. The van der Waals surface area contributed by atoms with E-state index in [0.29, 0.717) is 22.3 Å². The number of carbonyl (C=O) groups is 1. The maximum absolute atomic E-state index is 13.8. The van der Waals surface area contributed by atoms with Crippen molar-refractivity contribution in [3.05, 3.63) is 41.6 Å². The SMILES string of the molecule is Bc1n[nH]c2ncc(NC(=O)c3c(F)ccc(N)c3F)cc12. The molecule has 6 nitrogen and oxygen atoms in total. The average molecular weight is 301 g/mol. The topological polar surface area (TPSA) is 96.7 Å². The number of hydrogen-bond donors (Lipinski definition) is 3. The molecular weight excluding hydrogens is 291 g/mol. The summed E-state index contributed by atoms with van der Waals surface area (Å²) in [4.78, 5) is 16.1. The number of hydrogen-bond acceptors (Lipinski definition) is 4.